The summed E-state index contributed by atoms with van der Waals surface area (Å²) in [5.41, 5.74) is 0.546. The number of hydrogen-bond donors (Lipinski definition) is 4. The Kier molecular flexibility index (Phi) is 7.32. The Bertz CT molecular complexity index is 1170. The van der Waals surface area contributed by atoms with Crippen molar-refractivity contribution in [3.8, 4) is 5.75 Å². The van der Waals surface area contributed by atoms with E-state index < -0.39 is 42.1 Å². The second-order valence-electron chi connectivity index (χ2n) is 8.51. The number of para-hydroxylation sites is 1. The summed E-state index contributed by atoms with van der Waals surface area (Å²) in [5.74, 6) is -0.727. The lowest BCUT2D eigenvalue weighted by molar-refractivity contribution is -0.318. The van der Waals surface area contributed by atoms with Crippen LogP contribution < -0.4 is 5.63 Å². The van der Waals surface area contributed by atoms with Crippen molar-refractivity contribution in [1.29, 1.82) is 0 Å². The largest absolute Gasteiger partial charge is 0.507 e. The van der Waals surface area contributed by atoms with Gasteiger partial charge in [0, 0.05) is 12.0 Å². The average Bonchev–Trinajstić information content (AvgIpc) is 2.84. The standard InChI is InChI=1S/C25H29NO8/c1-14(26(32-2)24-23(30)22(29)18(27)13-33-24)12-17(15-8-4-3-5-9-15)20-21(28)16-10-6-7-11-19(16)34-25(20)31/h3-11,14,17-18,22-24,27-30H,12-13H2,1-2H3/t14?,17?,18-,22+,23-,24?/m1/s1. The molecule has 4 N–H and O–H groups in total. The third kappa shape index (κ3) is 4.58. The third-order valence-electron chi connectivity index (χ3n) is 6.32. The van der Waals surface area contributed by atoms with Gasteiger partial charge in [0.25, 0.3) is 0 Å². The van der Waals surface area contributed by atoms with Crippen molar-refractivity contribution in [1.82, 2.24) is 5.06 Å². The summed E-state index contributed by atoms with van der Waals surface area (Å²) in [7, 11) is 1.41. The van der Waals surface area contributed by atoms with Crippen LogP contribution in [0.2, 0.25) is 0 Å². The number of rotatable bonds is 7. The number of benzene rings is 2. The van der Waals surface area contributed by atoms with Crippen LogP contribution in [0.1, 0.15) is 30.4 Å². The molecule has 1 aliphatic heterocycles. The van der Waals surface area contributed by atoms with E-state index in [4.69, 9.17) is 14.0 Å². The second-order valence-corrected chi connectivity index (χ2v) is 8.51. The molecule has 182 valence electrons. The molecule has 9 nitrogen and oxygen atoms in total. The lowest BCUT2D eigenvalue weighted by Crippen LogP contribution is -2.60. The summed E-state index contributed by atoms with van der Waals surface area (Å²) in [6, 6.07) is 15.6. The van der Waals surface area contributed by atoms with Gasteiger partial charge < -0.3 is 29.6 Å². The number of aliphatic hydroxyl groups is 3. The molecule has 6 atom stereocenters. The number of aliphatic hydroxyl groups excluding tert-OH is 3. The number of hydrogen-bond acceptors (Lipinski definition) is 9. The van der Waals surface area contributed by atoms with Gasteiger partial charge in [-0.25, -0.2) is 4.79 Å². The van der Waals surface area contributed by atoms with Crippen molar-refractivity contribution in [3.63, 3.8) is 0 Å². The molecule has 1 aliphatic rings. The summed E-state index contributed by atoms with van der Waals surface area (Å²) in [4.78, 5) is 18.5. The first kappa shape index (κ1) is 24.3. The molecule has 9 heteroatoms. The minimum Gasteiger partial charge on any atom is -0.507 e. The maximum absolute atomic E-state index is 13.0. The molecule has 0 bridgehead atoms. The average molecular weight is 472 g/mol. The molecule has 3 unspecified atom stereocenters. The fourth-order valence-electron chi connectivity index (χ4n) is 4.56. The Balaban J connectivity index is 1.72. The highest BCUT2D eigenvalue weighted by Gasteiger charge is 2.43. The Morgan fingerprint density at radius 2 is 1.74 bits per heavy atom. The topological polar surface area (TPSA) is 133 Å². The van der Waals surface area contributed by atoms with Gasteiger partial charge in [0.1, 0.15) is 29.6 Å². The maximum atomic E-state index is 13.0. The SMILES string of the molecule is CON(C(C)CC(c1ccccc1)c1c(O)c2ccccc2oc1=O)C1OC[C@@H](O)[C@H](O)[C@H]1O. The molecule has 0 saturated carbocycles. The molecule has 1 saturated heterocycles. The van der Waals surface area contributed by atoms with Crippen LogP contribution in [0.15, 0.2) is 63.8 Å². The molecule has 1 fully saturated rings. The Hall–Kier alpha value is -2.79. The van der Waals surface area contributed by atoms with Gasteiger partial charge in [-0.1, -0.05) is 42.5 Å². The van der Waals surface area contributed by atoms with E-state index >= 15 is 0 Å². The van der Waals surface area contributed by atoms with Crippen LogP contribution in [-0.2, 0) is 9.57 Å². The highest BCUT2D eigenvalue weighted by atomic mass is 16.7. The molecule has 0 spiro atoms. The summed E-state index contributed by atoms with van der Waals surface area (Å²) in [6.45, 7) is 1.64. The van der Waals surface area contributed by atoms with Crippen LogP contribution in [0.25, 0.3) is 11.0 Å². The summed E-state index contributed by atoms with van der Waals surface area (Å²) in [5, 5.41) is 43.3. The van der Waals surface area contributed by atoms with Crippen molar-refractivity contribution in [2.75, 3.05) is 13.7 Å². The Morgan fingerprint density at radius 1 is 1.06 bits per heavy atom. The number of nitrogens with zero attached hydrogens (tertiary/aromatic N) is 1. The lowest BCUT2D eigenvalue weighted by atomic mass is 9.85. The summed E-state index contributed by atoms with van der Waals surface area (Å²) >= 11 is 0. The second kappa shape index (κ2) is 10.2. The number of ether oxygens (including phenoxy) is 1. The lowest BCUT2D eigenvalue weighted by Gasteiger charge is -2.42. The van der Waals surface area contributed by atoms with E-state index in [9.17, 15) is 25.2 Å². The molecule has 2 heterocycles. The molecule has 1 aromatic heterocycles. The zero-order chi connectivity index (χ0) is 24.4. The van der Waals surface area contributed by atoms with Gasteiger partial charge in [-0.05, 0) is 31.0 Å². The van der Waals surface area contributed by atoms with Gasteiger partial charge in [-0.2, -0.15) is 5.06 Å². The van der Waals surface area contributed by atoms with E-state index in [0.717, 1.165) is 5.56 Å². The first-order valence-electron chi connectivity index (χ1n) is 11.1. The highest BCUT2D eigenvalue weighted by molar-refractivity contribution is 5.84. The van der Waals surface area contributed by atoms with Gasteiger partial charge in [-0.15, -0.1) is 0 Å². The van der Waals surface area contributed by atoms with Crippen molar-refractivity contribution < 1.29 is 34.4 Å². The van der Waals surface area contributed by atoms with Crippen LogP contribution in [0, 0.1) is 0 Å². The number of fused-ring (bicyclic) bond motifs is 1. The van der Waals surface area contributed by atoms with Crippen LogP contribution in [-0.4, -0.2) is 69.8 Å². The maximum Gasteiger partial charge on any atom is 0.343 e. The first-order valence-corrected chi connectivity index (χ1v) is 11.1. The fraction of sp³-hybridized carbons (Fsp3) is 0.400. The van der Waals surface area contributed by atoms with Crippen molar-refractivity contribution >= 4 is 11.0 Å². The van der Waals surface area contributed by atoms with Crippen LogP contribution >= 0.6 is 0 Å². The predicted octanol–water partition coefficient (Wildman–Crippen LogP) is 1.71. The molecule has 0 amide bonds. The monoisotopic (exact) mass is 471 g/mol. The van der Waals surface area contributed by atoms with Crippen LogP contribution in [0.4, 0.5) is 0 Å². The minimum absolute atomic E-state index is 0.119. The molecular weight excluding hydrogens is 442 g/mol. The van der Waals surface area contributed by atoms with E-state index in [1.807, 2.05) is 37.3 Å². The first-order chi connectivity index (χ1) is 16.3. The molecule has 4 rings (SSSR count). The van der Waals surface area contributed by atoms with E-state index in [0.29, 0.717) is 11.0 Å². The number of hydroxylamine groups is 2. The molecular formula is C25H29NO8. The molecule has 34 heavy (non-hydrogen) atoms. The zero-order valence-corrected chi connectivity index (χ0v) is 18.9. The van der Waals surface area contributed by atoms with Crippen molar-refractivity contribution in [3.05, 3.63) is 76.1 Å². The summed E-state index contributed by atoms with van der Waals surface area (Å²) in [6.07, 6.45) is -4.79. The third-order valence-corrected chi connectivity index (χ3v) is 6.32. The number of aromatic hydroxyl groups is 1. The van der Waals surface area contributed by atoms with E-state index in [2.05, 4.69) is 0 Å². The van der Waals surface area contributed by atoms with Gasteiger partial charge in [0.15, 0.2) is 6.23 Å². The zero-order valence-electron chi connectivity index (χ0n) is 18.9. The van der Waals surface area contributed by atoms with E-state index in [-0.39, 0.29) is 24.3 Å². The molecule has 2 aromatic carbocycles. The Morgan fingerprint density at radius 3 is 2.44 bits per heavy atom. The van der Waals surface area contributed by atoms with Crippen molar-refractivity contribution in [2.45, 2.75) is 49.8 Å². The Labute approximate surface area is 196 Å². The van der Waals surface area contributed by atoms with Crippen molar-refractivity contribution in [2.24, 2.45) is 0 Å². The summed E-state index contributed by atoms with van der Waals surface area (Å²) < 4.78 is 11.1. The normalized spacial score (nSPS) is 24.9. The van der Waals surface area contributed by atoms with Gasteiger partial charge in [0.2, 0.25) is 0 Å². The van der Waals surface area contributed by atoms with E-state index in [1.165, 1.54) is 12.2 Å². The van der Waals surface area contributed by atoms with Crippen LogP contribution in [0.3, 0.4) is 0 Å². The van der Waals surface area contributed by atoms with Gasteiger partial charge in [-0.3, -0.25) is 4.84 Å². The van der Waals surface area contributed by atoms with Crippen LogP contribution in [0.5, 0.6) is 5.75 Å². The molecule has 0 aliphatic carbocycles. The highest BCUT2D eigenvalue weighted by Crippen LogP contribution is 2.38. The predicted molar refractivity (Wildman–Crippen MR) is 123 cm³/mol. The molecule has 3 aromatic rings. The minimum atomic E-state index is -1.42. The molecule has 0 radical (unpaired) electrons. The van der Waals surface area contributed by atoms with Gasteiger partial charge in [0.05, 0.1) is 24.7 Å². The quantitative estimate of drug-likeness (QED) is 0.300. The van der Waals surface area contributed by atoms with Gasteiger partial charge >= 0.3 is 5.63 Å². The smallest absolute Gasteiger partial charge is 0.343 e. The van der Waals surface area contributed by atoms with E-state index in [1.54, 1.807) is 24.3 Å². The fourth-order valence-corrected chi connectivity index (χ4v) is 4.56.